The quantitative estimate of drug-likeness (QED) is 0.575. The molecule has 0 atom stereocenters. The van der Waals surface area contributed by atoms with Crippen LogP contribution in [0.4, 0.5) is 5.69 Å². The largest absolute Gasteiger partial charge is 0.272 e. The van der Waals surface area contributed by atoms with Crippen LogP contribution in [0.15, 0.2) is 23.1 Å². The Morgan fingerprint density at radius 3 is 2.44 bits per heavy atom. The van der Waals surface area contributed by atoms with Gasteiger partial charge >= 0.3 is 0 Å². The monoisotopic (exact) mass is 392 g/mol. The third kappa shape index (κ3) is 3.61. The van der Waals surface area contributed by atoms with Gasteiger partial charge in [-0.2, -0.15) is 9.40 Å². The number of aromatic nitrogens is 2. The summed E-state index contributed by atoms with van der Waals surface area (Å²) >= 11 is 0. The summed E-state index contributed by atoms with van der Waals surface area (Å²) in [6.45, 7) is 6.50. The topological polar surface area (TPSA) is 98.3 Å². The SMILES string of the molecule is Cc1nn(Cc2cccc([N+](=O)[O-])c2C)c(C)c1S(=O)(=O)N1CCCCC1. The van der Waals surface area contributed by atoms with Gasteiger partial charge in [0, 0.05) is 24.7 Å². The van der Waals surface area contributed by atoms with Crippen LogP contribution in [-0.4, -0.2) is 40.5 Å². The summed E-state index contributed by atoms with van der Waals surface area (Å²) in [5.74, 6) is 0. The standard InChI is InChI=1S/C18H24N4O4S/c1-13-16(8-7-9-17(13)22(23)24)12-21-15(3)18(14(2)19-21)27(25,26)20-10-5-4-6-11-20/h7-9H,4-6,10-12H2,1-3H3. The Morgan fingerprint density at radius 1 is 1.15 bits per heavy atom. The van der Waals surface area contributed by atoms with Gasteiger partial charge in [0.05, 0.1) is 22.9 Å². The number of rotatable bonds is 5. The maximum absolute atomic E-state index is 13.1. The lowest BCUT2D eigenvalue weighted by Crippen LogP contribution is -2.36. The van der Waals surface area contributed by atoms with E-state index in [1.54, 1.807) is 37.6 Å². The molecule has 0 saturated carbocycles. The van der Waals surface area contributed by atoms with Gasteiger partial charge in [-0.3, -0.25) is 14.8 Å². The number of nitro groups is 1. The van der Waals surface area contributed by atoms with Gasteiger partial charge in [-0.15, -0.1) is 0 Å². The summed E-state index contributed by atoms with van der Waals surface area (Å²) in [6, 6.07) is 4.90. The highest BCUT2D eigenvalue weighted by Crippen LogP contribution is 2.28. The molecule has 3 rings (SSSR count). The molecule has 1 fully saturated rings. The molecule has 1 aromatic heterocycles. The molecule has 2 heterocycles. The second kappa shape index (κ2) is 7.40. The number of nitro benzene ring substituents is 1. The highest BCUT2D eigenvalue weighted by molar-refractivity contribution is 7.89. The Labute approximate surface area is 159 Å². The lowest BCUT2D eigenvalue weighted by Gasteiger charge is -2.26. The molecule has 8 nitrogen and oxygen atoms in total. The second-order valence-electron chi connectivity index (χ2n) is 6.94. The fraction of sp³-hybridized carbons (Fsp3) is 0.500. The minimum absolute atomic E-state index is 0.0511. The Bertz CT molecular complexity index is 975. The molecule has 9 heteroatoms. The summed E-state index contributed by atoms with van der Waals surface area (Å²) in [7, 11) is -3.58. The molecule has 0 radical (unpaired) electrons. The van der Waals surface area contributed by atoms with Gasteiger partial charge in [0.2, 0.25) is 10.0 Å². The minimum Gasteiger partial charge on any atom is -0.264 e. The second-order valence-corrected chi connectivity index (χ2v) is 8.82. The molecular weight excluding hydrogens is 368 g/mol. The normalized spacial score (nSPS) is 15.8. The van der Waals surface area contributed by atoms with E-state index >= 15 is 0 Å². The van der Waals surface area contributed by atoms with E-state index in [1.807, 2.05) is 0 Å². The van der Waals surface area contributed by atoms with E-state index in [9.17, 15) is 18.5 Å². The molecule has 0 N–H and O–H groups in total. The first-order valence-electron chi connectivity index (χ1n) is 9.00. The summed E-state index contributed by atoms with van der Waals surface area (Å²) in [5.41, 5.74) is 2.38. The van der Waals surface area contributed by atoms with Crippen molar-refractivity contribution >= 4 is 15.7 Å². The van der Waals surface area contributed by atoms with Crippen molar-refractivity contribution in [3.05, 3.63) is 50.8 Å². The van der Waals surface area contributed by atoms with E-state index in [2.05, 4.69) is 5.10 Å². The molecule has 0 spiro atoms. The molecule has 0 aliphatic carbocycles. The van der Waals surface area contributed by atoms with Crippen molar-refractivity contribution in [3.63, 3.8) is 0 Å². The summed E-state index contributed by atoms with van der Waals surface area (Å²) in [5, 5.41) is 15.6. The van der Waals surface area contributed by atoms with Crippen molar-refractivity contribution in [1.29, 1.82) is 0 Å². The molecule has 2 aromatic rings. The summed E-state index contributed by atoms with van der Waals surface area (Å²) in [6.07, 6.45) is 2.80. The zero-order chi connectivity index (χ0) is 19.8. The Balaban J connectivity index is 1.97. The molecule has 146 valence electrons. The van der Waals surface area contributed by atoms with Gasteiger partial charge in [-0.05, 0) is 39.2 Å². The first kappa shape index (κ1) is 19.5. The molecule has 27 heavy (non-hydrogen) atoms. The fourth-order valence-electron chi connectivity index (χ4n) is 3.64. The third-order valence-corrected chi connectivity index (χ3v) is 7.31. The molecule has 1 aliphatic heterocycles. The van der Waals surface area contributed by atoms with Crippen LogP contribution < -0.4 is 0 Å². The predicted molar refractivity (Wildman–Crippen MR) is 101 cm³/mol. The van der Waals surface area contributed by atoms with Crippen molar-refractivity contribution in [3.8, 4) is 0 Å². The third-order valence-electron chi connectivity index (χ3n) is 5.16. The molecule has 1 aromatic carbocycles. The van der Waals surface area contributed by atoms with Crippen LogP contribution in [-0.2, 0) is 16.6 Å². The number of hydrogen-bond donors (Lipinski definition) is 0. The smallest absolute Gasteiger partial charge is 0.264 e. The lowest BCUT2D eigenvalue weighted by molar-refractivity contribution is -0.385. The van der Waals surface area contributed by atoms with Gasteiger partial charge in [0.1, 0.15) is 4.90 Å². The zero-order valence-corrected chi connectivity index (χ0v) is 16.6. The summed E-state index contributed by atoms with van der Waals surface area (Å²) in [4.78, 5) is 11.0. The van der Waals surface area contributed by atoms with E-state index in [-0.39, 0.29) is 17.1 Å². The molecular formula is C18H24N4O4S. The van der Waals surface area contributed by atoms with Crippen molar-refractivity contribution in [2.75, 3.05) is 13.1 Å². The van der Waals surface area contributed by atoms with Crippen LogP contribution in [0.25, 0.3) is 0 Å². The Kier molecular flexibility index (Phi) is 5.34. The maximum Gasteiger partial charge on any atom is 0.272 e. The van der Waals surface area contributed by atoms with Crippen LogP contribution in [0.2, 0.25) is 0 Å². The fourth-order valence-corrected chi connectivity index (χ4v) is 5.53. The number of aryl methyl sites for hydroxylation is 1. The number of sulfonamides is 1. The first-order valence-corrected chi connectivity index (χ1v) is 10.4. The van der Waals surface area contributed by atoms with E-state index in [0.717, 1.165) is 24.8 Å². The lowest BCUT2D eigenvalue weighted by atomic mass is 10.1. The highest BCUT2D eigenvalue weighted by Gasteiger charge is 2.31. The van der Waals surface area contributed by atoms with Gasteiger partial charge in [-0.25, -0.2) is 8.42 Å². The molecule has 0 unspecified atom stereocenters. The Hall–Kier alpha value is -2.26. The molecule has 1 aliphatic rings. The van der Waals surface area contributed by atoms with E-state index in [0.29, 0.717) is 30.0 Å². The Morgan fingerprint density at radius 2 is 1.81 bits per heavy atom. The van der Waals surface area contributed by atoms with Gasteiger partial charge in [-0.1, -0.05) is 18.6 Å². The average Bonchev–Trinajstić information content (AvgIpc) is 2.91. The zero-order valence-electron chi connectivity index (χ0n) is 15.8. The van der Waals surface area contributed by atoms with E-state index < -0.39 is 14.9 Å². The van der Waals surface area contributed by atoms with Crippen molar-refractivity contribution in [2.45, 2.75) is 51.5 Å². The number of hydrogen-bond acceptors (Lipinski definition) is 5. The highest BCUT2D eigenvalue weighted by atomic mass is 32.2. The van der Waals surface area contributed by atoms with Crippen LogP contribution >= 0.6 is 0 Å². The number of benzene rings is 1. The van der Waals surface area contributed by atoms with E-state index in [1.165, 1.54) is 10.4 Å². The van der Waals surface area contributed by atoms with Crippen molar-refractivity contribution in [1.82, 2.24) is 14.1 Å². The number of piperidine rings is 1. The van der Waals surface area contributed by atoms with Crippen LogP contribution in [0, 0.1) is 30.9 Å². The first-order chi connectivity index (χ1) is 12.7. The minimum atomic E-state index is -3.58. The average molecular weight is 392 g/mol. The van der Waals surface area contributed by atoms with Crippen LogP contribution in [0.3, 0.4) is 0 Å². The van der Waals surface area contributed by atoms with Gasteiger partial charge < -0.3 is 0 Å². The van der Waals surface area contributed by atoms with Gasteiger partial charge in [0.25, 0.3) is 5.69 Å². The van der Waals surface area contributed by atoms with Gasteiger partial charge in [0.15, 0.2) is 0 Å². The molecule has 0 bridgehead atoms. The van der Waals surface area contributed by atoms with Crippen LogP contribution in [0.1, 0.15) is 41.8 Å². The van der Waals surface area contributed by atoms with Crippen LogP contribution in [0.5, 0.6) is 0 Å². The summed E-state index contributed by atoms with van der Waals surface area (Å²) < 4.78 is 29.3. The predicted octanol–water partition coefficient (Wildman–Crippen LogP) is 2.94. The molecule has 1 saturated heterocycles. The van der Waals surface area contributed by atoms with Crippen molar-refractivity contribution in [2.24, 2.45) is 0 Å². The number of nitrogens with zero attached hydrogens (tertiary/aromatic N) is 4. The van der Waals surface area contributed by atoms with Crippen molar-refractivity contribution < 1.29 is 13.3 Å². The maximum atomic E-state index is 13.1. The van der Waals surface area contributed by atoms with E-state index in [4.69, 9.17) is 0 Å². The molecule has 0 amide bonds.